The SMILES string of the molecule is COc1ccc(-c2nc(NC(=O)c3cccc(-n4cccn4)n3)sc2C)cc1. The van der Waals surface area contributed by atoms with Crippen LogP contribution in [0, 0.1) is 6.92 Å². The number of carbonyl (C=O) groups excluding carboxylic acids is 1. The van der Waals surface area contributed by atoms with E-state index >= 15 is 0 Å². The average molecular weight is 391 g/mol. The zero-order valence-electron chi connectivity index (χ0n) is 15.3. The molecule has 0 bridgehead atoms. The largest absolute Gasteiger partial charge is 0.497 e. The predicted molar refractivity (Wildman–Crippen MR) is 108 cm³/mol. The molecule has 4 rings (SSSR count). The topological polar surface area (TPSA) is 81.9 Å². The number of benzene rings is 1. The molecule has 0 atom stereocenters. The molecule has 0 saturated carbocycles. The lowest BCUT2D eigenvalue weighted by Gasteiger charge is -2.04. The average Bonchev–Trinajstić information content (AvgIpc) is 3.38. The Morgan fingerprint density at radius 1 is 1.11 bits per heavy atom. The summed E-state index contributed by atoms with van der Waals surface area (Å²) in [7, 11) is 1.63. The first kappa shape index (κ1) is 17.9. The van der Waals surface area contributed by atoms with Crippen LogP contribution in [0.1, 0.15) is 15.4 Å². The van der Waals surface area contributed by atoms with Gasteiger partial charge in [-0.05, 0) is 49.4 Å². The fourth-order valence-electron chi connectivity index (χ4n) is 2.71. The Labute approximate surface area is 165 Å². The quantitative estimate of drug-likeness (QED) is 0.557. The van der Waals surface area contributed by atoms with Crippen molar-refractivity contribution < 1.29 is 9.53 Å². The Kier molecular flexibility index (Phi) is 4.86. The smallest absolute Gasteiger partial charge is 0.276 e. The molecule has 0 spiro atoms. The number of rotatable bonds is 5. The monoisotopic (exact) mass is 391 g/mol. The fourth-order valence-corrected chi connectivity index (χ4v) is 3.54. The zero-order valence-corrected chi connectivity index (χ0v) is 16.1. The molecule has 8 heteroatoms. The molecule has 0 fully saturated rings. The van der Waals surface area contributed by atoms with Crippen LogP contribution in [0.25, 0.3) is 17.1 Å². The molecule has 0 aliphatic rings. The van der Waals surface area contributed by atoms with Gasteiger partial charge >= 0.3 is 0 Å². The van der Waals surface area contributed by atoms with Crippen LogP contribution in [-0.4, -0.2) is 32.8 Å². The summed E-state index contributed by atoms with van der Waals surface area (Å²) in [5.41, 5.74) is 2.10. The van der Waals surface area contributed by atoms with E-state index in [1.807, 2.05) is 31.2 Å². The number of thiazole rings is 1. The summed E-state index contributed by atoms with van der Waals surface area (Å²) < 4.78 is 6.79. The Bertz CT molecular complexity index is 1100. The van der Waals surface area contributed by atoms with Crippen molar-refractivity contribution in [2.45, 2.75) is 6.92 Å². The van der Waals surface area contributed by atoms with Crippen molar-refractivity contribution in [3.63, 3.8) is 0 Å². The number of methoxy groups -OCH3 is 1. The van der Waals surface area contributed by atoms with Gasteiger partial charge in [0.25, 0.3) is 5.91 Å². The maximum absolute atomic E-state index is 12.6. The summed E-state index contributed by atoms with van der Waals surface area (Å²) in [6, 6.07) is 14.7. The van der Waals surface area contributed by atoms with Gasteiger partial charge in [0.15, 0.2) is 10.9 Å². The molecule has 0 aliphatic heterocycles. The number of ether oxygens (including phenoxy) is 1. The van der Waals surface area contributed by atoms with Crippen LogP contribution < -0.4 is 10.1 Å². The van der Waals surface area contributed by atoms with Crippen molar-refractivity contribution in [3.05, 3.63) is 71.5 Å². The Hall–Kier alpha value is -3.52. The minimum absolute atomic E-state index is 0.298. The molecule has 1 N–H and O–H groups in total. The summed E-state index contributed by atoms with van der Waals surface area (Å²) in [5.74, 6) is 1.05. The van der Waals surface area contributed by atoms with E-state index in [9.17, 15) is 4.79 Å². The number of carbonyl (C=O) groups is 1. The van der Waals surface area contributed by atoms with E-state index in [0.29, 0.717) is 16.6 Å². The van der Waals surface area contributed by atoms with Crippen LogP contribution >= 0.6 is 11.3 Å². The van der Waals surface area contributed by atoms with Crippen molar-refractivity contribution in [1.29, 1.82) is 0 Å². The van der Waals surface area contributed by atoms with Crippen molar-refractivity contribution >= 4 is 22.4 Å². The summed E-state index contributed by atoms with van der Waals surface area (Å²) in [4.78, 5) is 22.6. The number of aryl methyl sites for hydroxylation is 1. The maximum Gasteiger partial charge on any atom is 0.276 e. The molecular weight excluding hydrogens is 374 g/mol. The molecule has 140 valence electrons. The van der Waals surface area contributed by atoms with Crippen LogP contribution in [0.3, 0.4) is 0 Å². The van der Waals surface area contributed by atoms with Gasteiger partial charge in [-0.15, -0.1) is 11.3 Å². The van der Waals surface area contributed by atoms with Crippen molar-refractivity contribution in [2.24, 2.45) is 0 Å². The lowest BCUT2D eigenvalue weighted by atomic mass is 10.1. The summed E-state index contributed by atoms with van der Waals surface area (Å²) >= 11 is 1.42. The highest BCUT2D eigenvalue weighted by Gasteiger charge is 2.15. The van der Waals surface area contributed by atoms with Gasteiger partial charge in [0.2, 0.25) is 0 Å². The first-order chi connectivity index (χ1) is 13.6. The molecule has 3 heterocycles. The van der Waals surface area contributed by atoms with Gasteiger partial charge in [-0.3, -0.25) is 10.1 Å². The van der Waals surface area contributed by atoms with Crippen LogP contribution in [0.15, 0.2) is 60.9 Å². The van der Waals surface area contributed by atoms with Crippen molar-refractivity contribution in [1.82, 2.24) is 19.7 Å². The Morgan fingerprint density at radius 2 is 1.93 bits per heavy atom. The second-order valence-electron chi connectivity index (χ2n) is 5.94. The van der Waals surface area contributed by atoms with Gasteiger partial charge in [0.1, 0.15) is 11.4 Å². The van der Waals surface area contributed by atoms with Crippen LogP contribution in [0.2, 0.25) is 0 Å². The summed E-state index contributed by atoms with van der Waals surface area (Å²) in [6.07, 6.45) is 3.43. The Morgan fingerprint density at radius 3 is 2.64 bits per heavy atom. The fraction of sp³-hybridized carbons (Fsp3) is 0.100. The number of anilines is 1. The van der Waals surface area contributed by atoms with E-state index in [0.717, 1.165) is 21.9 Å². The van der Waals surface area contributed by atoms with Gasteiger partial charge in [0.05, 0.1) is 12.8 Å². The molecule has 0 unspecified atom stereocenters. The van der Waals surface area contributed by atoms with Gasteiger partial charge in [-0.1, -0.05) is 6.07 Å². The highest BCUT2D eigenvalue weighted by Crippen LogP contribution is 2.31. The molecule has 7 nitrogen and oxygen atoms in total. The van der Waals surface area contributed by atoms with Gasteiger partial charge in [-0.2, -0.15) is 5.10 Å². The molecule has 0 saturated heterocycles. The molecule has 28 heavy (non-hydrogen) atoms. The van der Waals surface area contributed by atoms with E-state index in [-0.39, 0.29) is 5.91 Å². The highest BCUT2D eigenvalue weighted by molar-refractivity contribution is 7.16. The van der Waals surface area contributed by atoms with Gasteiger partial charge < -0.3 is 4.74 Å². The molecule has 1 aromatic carbocycles. The number of hydrogen-bond acceptors (Lipinski definition) is 6. The third-order valence-corrected chi connectivity index (χ3v) is 4.97. The van der Waals surface area contributed by atoms with Crippen LogP contribution in [0.5, 0.6) is 5.75 Å². The maximum atomic E-state index is 12.6. The van der Waals surface area contributed by atoms with Gasteiger partial charge in [0, 0.05) is 22.8 Å². The minimum Gasteiger partial charge on any atom is -0.497 e. The number of nitrogens with one attached hydrogen (secondary N) is 1. The highest BCUT2D eigenvalue weighted by atomic mass is 32.1. The lowest BCUT2D eigenvalue weighted by Crippen LogP contribution is -2.14. The van der Waals surface area contributed by atoms with Crippen molar-refractivity contribution in [2.75, 3.05) is 12.4 Å². The lowest BCUT2D eigenvalue weighted by molar-refractivity contribution is 0.102. The van der Waals surface area contributed by atoms with Crippen LogP contribution in [0.4, 0.5) is 5.13 Å². The zero-order chi connectivity index (χ0) is 19.5. The summed E-state index contributed by atoms with van der Waals surface area (Å²) in [5, 5.41) is 7.50. The predicted octanol–water partition coefficient (Wildman–Crippen LogP) is 3.96. The Balaban J connectivity index is 1.55. The molecule has 3 aromatic heterocycles. The number of aromatic nitrogens is 4. The number of nitrogens with zero attached hydrogens (tertiary/aromatic N) is 4. The molecule has 0 radical (unpaired) electrons. The van der Waals surface area contributed by atoms with E-state index in [2.05, 4.69) is 20.4 Å². The minimum atomic E-state index is -0.316. The third kappa shape index (κ3) is 3.63. The summed E-state index contributed by atoms with van der Waals surface area (Å²) in [6.45, 7) is 1.98. The molecular formula is C20H17N5O2S. The molecule has 1 amide bonds. The molecule has 0 aliphatic carbocycles. The first-order valence-electron chi connectivity index (χ1n) is 8.54. The van der Waals surface area contributed by atoms with E-state index in [1.54, 1.807) is 48.5 Å². The number of amides is 1. The third-order valence-electron chi connectivity index (χ3n) is 4.09. The van der Waals surface area contributed by atoms with Crippen LogP contribution in [-0.2, 0) is 0 Å². The number of pyridine rings is 1. The van der Waals surface area contributed by atoms with E-state index in [1.165, 1.54) is 11.3 Å². The van der Waals surface area contributed by atoms with E-state index < -0.39 is 0 Å². The standard InChI is InChI=1S/C20H17N5O2S/c1-13-18(14-7-9-15(27-2)10-8-14)23-20(28-13)24-19(26)16-5-3-6-17(22-16)25-12-4-11-21-25/h3-12H,1-2H3,(H,23,24,26). The molecule has 4 aromatic rings. The first-order valence-corrected chi connectivity index (χ1v) is 9.36. The van der Waals surface area contributed by atoms with E-state index in [4.69, 9.17) is 4.74 Å². The van der Waals surface area contributed by atoms with Crippen molar-refractivity contribution in [3.8, 4) is 22.8 Å². The second-order valence-corrected chi connectivity index (χ2v) is 7.14. The van der Waals surface area contributed by atoms with Gasteiger partial charge in [-0.25, -0.2) is 14.6 Å². The second kappa shape index (κ2) is 7.61. The normalized spacial score (nSPS) is 10.6. The number of hydrogen-bond donors (Lipinski definition) is 1.